The molecule has 0 aromatic carbocycles. The molecule has 0 spiro atoms. The minimum atomic E-state index is -2.25. The van der Waals surface area contributed by atoms with Crippen LogP contribution in [0, 0.1) is 11.8 Å². The maximum absolute atomic E-state index is 12.0. The van der Waals surface area contributed by atoms with Gasteiger partial charge in [-0.1, -0.05) is 6.58 Å². The summed E-state index contributed by atoms with van der Waals surface area (Å²) in [7, 11) is 0. The average Bonchev–Trinajstić information content (AvgIpc) is 2.78. The van der Waals surface area contributed by atoms with E-state index in [4.69, 9.17) is 9.47 Å². The Morgan fingerprint density at radius 1 is 1.32 bits per heavy atom. The number of hydrogen-bond acceptors (Lipinski definition) is 8. The molecule has 0 aromatic heterocycles. The third-order valence-electron chi connectivity index (χ3n) is 6.19. The van der Waals surface area contributed by atoms with Crippen LogP contribution in [0.25, 0.3) is 0 Å². The Morgan fingerprint density at radius 2 is 1.92 bits per heavy atom. The smallest absolute Gasteiger partial charge is 0.334 e. The van der Waals surface area contributed by atoms with Crippen LogP contribution in [-0.4, -0.2) is 67.5 Å². The summed E-state index contributed by atoms with van der Waals surface area (Å²) in [6.45, 7) is 7.46. The maximum atomic E-state index is 12.0. The van der Waals surface area contributed by atoms with Crippen LogP contribution in [-0.2, 0) is 19.1 Å². The van der Waals surface area contributed by atoms with Crippen LogP contribution in [0.15, 0.2) is 12.2 Å². The summed E-state index contributed by atoms with van der Waals surface area (Å²) >= 11 is 0. The first-order valence-electron chi connectivity index (χ1n) is 8.28. The van der Waals surface area contributed by atoms with Crippen molar-refractivity contribution in [2.75, 3.05) is 0 Å². The summed E-state index contributed by atoms with van der Waals surface area (Å²) < 4.78 is 10.4. The molecule has 8 heteroatoms. The molecule has 1 saturated heterocycles. The first-order valence-corrected chi connectivity index (χ1v) is 8.28. The Labute approximate surface area is 145 Å². The van der Waals surface area contributed by atoms with Crippen LogP contribution < -0.4 is 0 Å². The number of hydrogen-bond donors (Lipinski definition) is 4. The van der Waals surface area contributed by atoms with Crippen molar-refractivity contribution >= 4 is 11.9 Å². The Kier molecular flexibility index (Phi) is 3.85. The van der Waals surface area contributed by atoms with E-state index < -0.39 is 58.9 Å². The zero-order valence-corrected chi connectivity index (χ0v) is 14.4. The second-order valence-corrected chi connectivity index (χ2v) is 7.82. The van der Waals surface area contributed by atoms with Crippen molar-refractivity contribution in [2.45, 2.75) is 68.7 Å². The van der Waals surface area contributed by atoms with E-state index in [1.807, 2.05) is 0 Å². The predicted octanol–water partition coefficient (Wildman–Crippen LogP) is -0.967. The number of fused-ring (bicyclic) bond motifs is 3. The van der Waals surface area contributed by atoms with Crippen LogP contribution >= 0.6 is 0 Å². The topological polar surface area (TPSA) is 134 Å². The third-order valence-corrected chi connectivity index (χ3v) is 6.19. The van der Waals surface area contributed by atoms with Crippen molar-refractivity contribution < 1.29 is 39.5 Å². The Balaban J connectivity index is 2.17. The Bertz CT molecular complexity index is 639. The molecule has 0 radical (unpaired) electrons. The van der Waals surface area contributed by atoms with E-state index in [-0.39, 0.29) is 12.0 Å². The molecule has 4 N–H and O–H groups in total. The normalized spacial score (nSPS) is 52.2. The van der Waals surface area contributed by atoms with E-state index in [1.54, 1.807) is 0 Å². The van der Waals surface area contributed by atoms with Crippen LogP contribution in [0.1, 0.15) is 33.6 Å². The van der Waals surface area contributed by atoms with Crippen molar-refractivity contribution in [3.63, 3.8) is 0 Å². The zero-order chi connectivity index (χ0) is 18.9. The molecule has 3 rings (SSSR count). The van der Waals surface area contributed by atoms with Crippen LogP contribution in [0.5, 0.6) is 0 Å². The number of carbonyl (C=O) groups is 2. The first-order chi connectivity index (χ1) is 11.4. The van der Waals surface area contributed by atoms with Gasteiger partial charge in [-0.2, -0.15) is 0 Å². The number of aliphatic hydroxyl groups excluding tert-OH is 1. The summed E-state index contributed by atoms with van der Waals surface area (Å²) in [4.78, 5) is 23.4. The zero-order valence-electron chi connectivity index (χ0n) is 14.4. The molecule has 0 bridgehead atoms. The molecule has 3 fully saturated rings. The van der Waals surface area contributed by atoms with Gasteiger partial charge in [0.05, 0.1) is 11.5 Å². The van der Waals surface area contributed by atoms with Gasteiger partial charge in [0.2, 0.25) is 0 Å². The van der Waals surface area contributed by atoms with E-state index in [9.17, 15) is 30.0 Å². The van der Waals surface area contributed by atoms with Crippen molar-refractivity contribution in [1.29, 1.82) is 0 Å². The van der Waals surface area contributed by atoms with Crippen molar-refractivity contribution in [1.82, 2.24) is 0 Å². The fourth-order valence-electron chi connectivity index (χ4n) is 4.86. The van der Waals surface area contributed by atoms with Gasteiger partial charge in [0, 0.05) is 18.4 Å². The molecule has 0 unspecified atom stereocenters. The van der Waals surface area contributed by atoms with Crippen LogP contribution in [0.4, 0.5) is 0 Å². The standard InChI is InChI=1S/C17H24O8/c1-7-9-5-6-15(3,21)17(23)11(10(9)25-14(7)20)16(4,22)13(12(17)19)24-8(2)18/h9-13,19,21-23H,1,5-6H2,2-4H3/t9-,10-,11-,12+,13+,15+,16+,17+/m0/s1. The number of ether oxygens (including phenoxy) is 2. The molecule has 1 heterocycles. The number of aliphatic hydroxyl groups is 4. The number of carbonyl (C=O) groups excluding carboxylic acids is 2. The average molecular weight is 356 g/mol. The van der Waals surface area contributed by atoms with E-state index in [2.05, 4.69) is 6.58 Å². The summed E-state index contributed by atoms with van der Waals surface area (Å²) in [5, 5.41) is 44.1. The van der Waals surface area contributed by atoms with Gasteiger partial charge in [-0.05, 0) is 26.7 Å². The summed E-state index contributed by atoms with van der Waals surface area (Å²) in [6.07, 6.45) is -3.92. The minimum absolute atomic E-state index is 0.0385. The highest BCUT2D eigenvalue weighted by Crippen LogP contribution is 2.58. The highest BCUT2D eigenvalue weighted by atomic mass is 16.6. The monoisotopic (exact) mass is 356 g/mol. The van der Waals surface area contributed by atoms with Crippen molar-refractivity contribution in [3.05, 3.63) is 12.2 Å². The third kappa shape index (κ3) is 2.21. The molecule has 2 saturated carbocycles. The van der Waals surface area contributed by atoms with Gasteiger partial charge in [0.15, 0.2) is 6.10 Å². The second-order valence-electron chi connectivity index (χ2n) is 7.82. The molecule has 1 aliphatic heterocycles. The number of rotatable bonds is 1. The lowest BCUT2D eigenvalue weighted by molar-refractivity contribution is -0.227. The molecular weight excluding hydrogens is 332 g/mol. The van der Waals surface area contributed by atoms with Gasteiger partial charge in [-0.3, -0.25) is 4.79 Å². The maximum Gasteiger partial charge on any atom is 0.334 e. The molecular formula is C17H24O8. The van der Waals surface area contributed by atoms with Crippen molar-refractivity contribution in [2.24, 2.45) is 11.8 Å². The van der Waals surface area contributed by atoms with Gasteiger partial charge < -0.3 is 29.9 Å². The molecule has 8 nitrogen and oxygen atoms in total. The van der Waals surface area contributed by atoms with Crippen molar-refractivity contribution in [3.8, 4) is 0 Å². The fraction of sp³-hybridized carbons (Fsp3) is 0.765. The lowest BCUT2D eigenvalue weighted by Gasteiger charge is -2.45. The highest BCUT2D eigenvalue weighted by Gasteiger charge is 2.76. The molecule has 25 heavy (non-hydrogen) atoms. The summed E-state index contributed by atoms with van der Waals surface area (Å²) in [5.74, 6) is -3.19. The van der Waals surface area contributed by atoms with E-state index in [0.717, 1.165) is 6.92 Å². The SMILES string of the molecule is C=C1C(=O)O[C@H]2[C@H]1CC[C@@](C)(O)[C@]1(O)[C@H](O)[C@@H](OC(C)=O)[C@](C)(O)[C@H]21. The van der Waals surface area contributed by atoms with E-state index >= 15 is 0 Å². The van der Waals surface area contributed by atoms with E-state index in [1.165, 1.54) is 13.8 Å². The molecule has 8 atom stereocenters. The first kappa shape index (κ1) is 18.3. The second kappa shape index (κ2) is 5.26. The molecule has 0 aromatic rings. The van der Waals surface area contributed by atoms with Gasteiger partial charge in [-0.25, -0.2) is 4.79 Å². The lowest BCUT2D eigenvalue weighted by atomic mass is 9.70. The highest BCUT2D eigenvalue weighted by molar-refractivity contribution is 5.91. The lowest BCUT2D eigenvalue weighted by Crippen LogP contribution is -2.64. The fourth-order valence-corrected chi connectivity index (χ4v) is 4.86. The van der Waals surface area contributed by atoms with Crippen LogP contribution in [0.3, 0.4) is 0 Å². The molecule has 3 aliphatic rings. The van der Waals surface area contributed by atoms with Gasteiger partial charge >= 0.3 is 11.9 Å². The van der Waals surface area contributed by atoms with Gasteiger partial charge in [0.1, 0.15) is 23.4 Å². The Morgan fingerprint density at radius 3 is 2.48 bits per heavy atom. The Hall–Kier alpha value is -1.48. The summed E-state index contributed by atoms with van der Waals surface area (Å²) in [6, 6.07) is 0. The largest absolute Gasteiger partial charge is 0.458 e. The minimum Gasteiger partial charge on any atom is -0.458 e. The predicted molar refractivity (Wildman–Crippen MR) is 83.0 cm³/mol. The van der Waals surface area contributed by atoms with Gasteiger partial charge in [0.25, 0.3) is 0 Å². The quantitative estimate of drug-likeness (QED) is 0.348. The van der Waals surface area contributed by atoms with Gasteiger partial charge in [-0.15, -0.1) is 0 Å². The molecule has 140 valence electrons. The summed E-state index contributed by atoms with van der Waals surface area (Å²) in [5.41, 5.74) is -5.80. The molecule has 2 aliphatic carbocycles. The number of esters is 2. The molecule has 0 amide bonds. The van der Waals surface area contributed by atoms with Crippen LogP contribution in [0.2, 0.25) is 0 Å². The van der Waals surface area contributed by atoms with E-state index in [0.29, 0.717) is 6.42 Å².